The van der Waals surface area contributed by atoms with Crippen LogP contribution in [-0.2, 0) is 9.47 Å². The van der Waals surface area contributed by atoms with Crippen molar-refractivity contribution in [2.45, 2.75) is 52.1 Å². The van der Waals surface area contributed by atoms with Gasteiger partial charge in [-0.05, 0) is 26.9 Å². The third-order valence-corrected chi connectivity index (χ3v) is 4.12. The largest absolute Gasteiger partial charge is 0.378 e. The quantitative estimate of drug-likeness (QED) is 0.796. The van der Waals surface area contributed by atoms with Crippen LogP contribution >= 0.6 is 0 Å². The molecule has 0 aromatic carbocycles. The number of rotatable bonds is 5. The van der Waals surface area contributed by atoms with Crippen molar-refractivity contribution in [2.24, 2.45) is 5.92 Å². The fraction of sp³-hybridized carbons (Fsp3) is 1.00. The maximum absolute atomic E-state index is 9.70. The van der Waals surface area contributed by atoms with E-state index in [-0.39, 0.29) is 17.6 Å². The summed E-state index contributed by atoms with van der Waals surface area (Å²) in [4.78, 5) is 2.37. The molecule has 1 aliphatic rings. The molecule has 0 bridgehead atoms. The Balaban J connectivity index is 2.77. The van der Waals surface area contributed by atoms with E-state index in [4.69, 9.17) is 9.47 Å². The monoisotopic (exact) mass is 245 g/mol. The van der Waals surface area contributed by atoms with E-state index >= 15 is 0 Å². The highest BCUT2D eigenvalue weighted by atomic mass is 16.6. The zero-order valence-electron chi connectivity index (χ0n) is 11.8. The van der Waals surface area contributed by atoms with Gasteiger partial charge in [-0.3, -0.25) is 0 Å². The van der Waals surface area contributed by atoms with Crippen molar-refractivity contribution in [3.05, 3.63) is 0 Å². The lowest BCUT2D eigenvalue weighted by atomic mass is 9.79. The SMILES string of the molecule is CCN(CC)C[C@@H]1[C@H](C)O[C@@H](O)C[C@@]1(C)OC. The first-order valence-electron chi connectivity index (χ1n) is 6.57. The van der Waals surface area contributed by atoms with E-state index in [1.165, 1.54) is 0 Å². The predicted molar refractivity (Wildman–Crippen MR) is 67.9 cm³/mol. The van der Waals surface area contributed by atoms with Crippen molar-refractivity contribution in [3.63, 3.8) is 0 Å². The Morgan fingerprint density at radius 1 is 1.41 bits per heavy atom. The number of hydrogen-bond acceptors (Lipinski definition) is 4. The van der Waals surface area contributed by atoms with Gasteiger partial charge in [0.25, 0.3) is 0 Å². The minimum Gasteiger partial charge on any atom is -0.378 e. The molecule has 0 aliphatic carbocycles. The molecule has 1 aliphatic heterocycles. The lowest BCUT2D eigenvalue weighted by Gasteiger charge is -2.47. The summed E-state index contributed by atoms with van der Waals surface area (Å²) in [6, 6.07) is 0. The van der Waals surface area contributed by atoms with E-state index in [2.05, 4.69) is 25.7 Å². The van der Waals surface area contributed by atoms with E-state index in [0.717, 1.165) is 19.6 Å². The summed E-state index contributed by atoms with van der Waals surface area (Å²) in [7, 11) is 1.72. The molecule has 1 saturated heterocycles. The average Bonchev–Trinajstić information content (AvgIpc) is 2.28. The Morgan fingerprint density at radius 3 is 2.47 bits per heavy atom. The van der Waals surface area contributed by atoms with E-state index in [9.17, 15) is 5.11 Å². The van der Waals surface area contributed by atoms with Crippen LogP contribution < -0.4 is 0 Å². The topological polar surface area (TPSA) is 41.9 Å². The number of aliphatic hydroxyl groups excluding tert-OH is 1. The standard InChI is InChI=1S/C13H27NO3/c1-6-14(7-2)9-11-10(3)17-12(15)8-13(11,4)16-5/h10-12,15H,6-9H2,1-5H3/t10-,11+,12+,13+/m0/s1. The number of methoxy groups -OCH3 is 1. The molecule has 1 rings (SSSR count). The molecule has 4 atom stereocenters. The Labute approximate surface area is 105 Å². The molecule has 0 aromatic heterocycles. The number of nitrogens with zero attached hydrogens (tertiary/aromatic N) is 1. The normalized spacial score (nSPS) is 38.6. The van der Waals surface area contributed by atoms with Crippen LogP contribution in [0.15, 0.2) is 0 Å². The van der Waals surface area contributed by atoms with E-state index in [0.29, 0.717) is 6.42 Å². The first-order chi connectivity index (χ1) is 7.96. The van der Waals surface area contributed by atoms with Gasteiger partial charge in [-0.1, -0.05) is 13.8 Å². The van der Waals surface area contributed by atoms with Gasteiger partial charge in [0.15, 0.2) is 6.29 Å². The van der Waals surface area contributed by atoms with E-state index in [1.807, 2.05) is 6.92 Å². The molecule has 1 N–H and O–H groups in total. The van der Waals surface area contributed by atoms with Crippen LogP contribution in [0.5, 0.6) is 0 Å². The fourth-order valence-corrected chi connectivity index (χ4v) is 2.72. The van der Waals surface area contributed by atoms with Gasteiger partial charge in [0.05, 0.1) is 11.7 Å². The van der Waals surface area contributed by atoms with Gasteiger partial charge in [-0.25, -0.2) is 0 Å². The first kappa shape index (κ1) is 14.9. The molecule has 1 fully saturated rings. The summed E-state index contributed by atoms with van der Waals surface area (Å²) < 4.78 is 11.2. The number of aliphatic hydroxyl groups is 1. The summed E-state index contributed by atoms with van der Waals surface area (Å²) in [6.07, 6.45) is -0.146. The molecule has 102 valence electrons. The Hall–Kier alpha value is -0.160. The Kier molecular flexibility index (Phi) is 5.38. The first-order valence-corrected chi connectivity index (χ1v) is 6.57. The van der Waals surface area contributed by atoms with Crippen LogP contribution in [0.2, 0.25) is 0 Å². The zero-order chi connectivity index (χ0) is 13.1. The van der Waals surface area contributed by atoms with Gasteiger partial charge < -0.3 is 19.5 Å². The minimum atomic E-state index is -0.706. The summed E-state index contributed by atoms with van der Waals surface area (Å²) >= 11 is 0. The van der Waals surface area contributed by atoms with Crippen LogP contribution in [0.1, 0.15) is 34.1 Å². The van der Waals surface area contributed by atoms with Crippen molar-refractivity contribution in [1.29, 1.82) is 0 Å². The fourth-order valence-electron chi connectivity index (χ4n) is 2.72. The second-order valence-electron chi connectivity index (χ2n) is 5.11. The average molecular weight is 245 g/mol. The minimum absolute atomic E-state index is 0.0179. The molecule has 0 aromatic rings. The van der Waals surface area contributed by atoms with Gasteiger partial charge in [0.2, 0.25) is 0 Å². The summed E-state index contributed by atoms with van der Waals surface area (Å²) in [5, 5.41) is 9.70. The molecule has 0 amide bonds. The van der Waals surface area contributed by atoms with Gasteiger partial charge in [0.1, 0.15) is 0 Å². The number of ether oxygens (including phenoxy) is 2. The zero-order valence-corrected chi connectivity index (χ0v) is 11.8. The maximum Gasteiger partial charge on any atom is 0.157 e. The summed E-state index contributed by atoms with van der Waals surface area (Å²) in [5.41, 5.74) is -0.306. The lowest BCUT2D eigenvalue weighted by Crippen LogP contribution is -2.55. The van der Waals surface area contributed by atoms with Gasteiger partial charge in [-0.15, -0.1) is 0 Å². The van der Waals surface area contributed by atoms with Gasteiger partial charge in [0, 0.05) is 26.0 Å². The summed E-state index contributed by atoms with van der Waals surface area (Å²) in [6.45, 7) is 11.4. The maximum atomic E-state index is 9.70. The van der Waals surface area contributed by atoms with Crippen LogP contribution in [0.3, 0.4) is 0 Å². The predicted octanol–water partition coefficient (Wildman–Crippen LogP) is 1.48. The smallest absolute Gasteiger partial charge is 0.157 e. The van der Waals surface area contributed by atoms with Crippen LogP contribution in [0.4, 0.5) is 0 Å². The molecule has 0 radical (unpaired) electrons. The number of hydrogen-bond donors (Lipinski definition) is 1. The highest BCUT2D eigenvalue weighted by molar-refractivity contribution is 4.93. The molecule has 0 unspecified atom stereocenters. The molecule has 4 heteroatoms. The van der Waals surface area contributed by atoms with Crippen molar-refractivity contribution >= 4 is 0 Å². The Bertz CT molecular complexity index is 233. The van der Waals surface area contributed by atoms with Gasteiger partial charge in [-0.2, -0.15) is 0 Å². The van der Waals surface area contributed by atoms with Crippen molar-refractivity contribution in [3.8, 4) is 0 Å². The molecular formula is C13H27NO3. The lowest BCUT2D eigenvalue weighted by molar-refractivity contribution is -0.247. The third-order valence-electron chi connectivity index (χ3n) is 4.12. The Morgan fingerprint density at radius 2 is 2.00 bits per heavy atom. The second-order valence-corrected chi connectivity index (χ2v) is 5.11. The molecule has 0 saturated carbocycles. The summed E-state index contributed by atoms with van der Waals surface area (Å²) in [5.74, 6) is 0.288. The molecule has 0 spiro atoms. The second kappa shape index (κ2) is 6.14. The van der Waals surface area contributed by atoms with E-state index < -0.39 is 6.29 Å². The van der Waals surface area contributed by atoms with Gasteiger partial charge >= 0.3 is 0 Å². The molecular weight excluding hydrogens is 218 g/mol. The third kappa shape index (κ3) is 3.41. The van der Waals surface area contributed by atoms with Crippen molar-refractivity contribution < 1.29 is 14.6 Å². The molecule has 1 heterocycles. The van der Waals surface area contributed by atoms with Crippen LogP contribution in [0.25, 0.3) is 0 Å². The molecule has 4 nitrogen and oxygen atoms in total. The van der Waals surface area contributed by atoms with Crippen molar-refractivity contribution in [1.82, 2.24) is 4.90 Å². The van der Waals surface area contributed by atoms with Crippen LogP contribution in [0, 0.1) is 5.92 Å². The van der Waals surface area contributed by atoms with Crippen molar-refractivity contribution in [2.75, 3.05) is 26.7 Å². The van der Waals surface area contributed by atoms with Crippen LogP contribution in [-0.4, -0.2) is 54.7 Å². The molecule has 17 heavy (non-hydrogen) atoms. The highest BCUT2D eigenvalue weighted by Crippen LogP contribution is 2.36. The highest BCUT2D eigenvalue weighted by Gasteiger charge is 2.45. The van der Waals surface area contributed by atoms with E-state index in [1.54, 1.807) is 7.11 Å².